The molecule has 0 saturated heterocycles. The number of rotatable bonds is 4. The number of hydrogen-bond donors (Lipinski definition) is 2. The number of carbonyl (C=O) groups excluding carboxylic acids is 1. The van der Waals surface area contributed by atoms with E-state index < -0.39 is 11.7 Å². The van der Waals surface area contributed by atoms with Gasteiger partial charge >= 0.3 is 0 Å². The minimum atomic E-state index is -0.654. The maximum Gasteiger partial charge on any atom is 0.255 e. The van der Waals surface area contributed by atoms with Crippen LogP contribution in [-0.2, 0) is 0 Å². The molecule has 0 aliphatic rings. The second-order valence-electron chi connectivity index (χ2n) is 4.02. The zero-order valence-corrected chi connectivity index (χ0v) is 10.5. The van der Waals surface area contributed by atoms with E-state index in [-0.39, 0.29) is 29.2 Å². The van der Waals surface area contributed by atoms with Crippen molar-refractivity contribution in [2.45, 2.75) is 19.9 Å². The van der Waals surface area contributed by atoms with Crippen LogP contribution in [0.1, 0.15) is 24.2 Å². The molecule has 0 spiro atoms. The molecule has 1 rings (SSSR count). The Labute approximate surface area is 105 Å². The molecular formula is C12H15ClFNO2. The van der Waals surface area contributed by atoms with Gasteiger partial charge in [-0.05, 0) is 25.0 Å². The molecule has 0 heterocycles. The number of hydrogen-bond acceptors (Lipinski definition) is 2. The molecule has 2 atom stereocenters. The summed E-state index contributed by atoms with van der Waals surface area (Å²) in [5.41, 5.74) is -0.161. The van der Waals surface area contributed by atoms with Gasteiger partial charge in [-0.15, -0.1) is 0 Å². The van der Waals surface area contributed by atoms with Gasteiger partial charge in [0.2, 0.25) is 0 Å². The van der Waals surface area contributed by atoms with Gasteiger partial charge in [-0.1, -0.05) is 24.6 Å². The third-order valence-corrected chi connectivity index (χ3v) is 3.01. The van der Waals surface area contributed by atoms with Crippen LogP contribution in [0.25, 0.3) is 0 Å². The third-order valence-electron chi connectivity index (χ3n) is 2.69. The van der Waals surface area contributed by atoms with Crippen LogP contribution in [-0.4, -0.2) is 23.7 Å². The average molecular weight is 260 g/mol. The Kier molecular flexibility index (Phi) is 4.90. The largest absolute Gasteiger partial charge is 0.396 e. The lowest BCUT2D eigenvalue weighted by Gasteiger charge is -2.19. The summed E-state index contributed by atoms with van der Waals surface area (Å²) in [4.78, 5) is 11.8. The van der Waals surface area contributed by atoms with Crippen LogP contribution in [0.4, 0.5) is 4.39 Å². The molecule has 94 valence electrons. The predicted molar refractivity (Wildman–Crippen MR) is 64.6 cm³/mol. The molecule has 1 aromatic carbocycles. The van der Waals surface area contributed by atoms with Crippen LogP contribution in [0.5, 0.6) is 0 Å². The number of halogens is 2. The second-order valence-corrected chi connectivity index (χ2v) is 4.43. The molecule has 1 aromatic rings. The summed E-state index contributed by atoms with van der Waals surface area (Å²) >= 11 is 5.77. The summed E-state index contributed by atoms with van der Waals surface area (Å²) in [6.45, 7) is 3.48. The number of aliphatic hydroxyl groups is 1. The maximum atomic E-state index is 13.4. The zero-order valence-electron chi connectivity index (χ0n) is 9.71. The first kappa shape index (κ1) is 13.9. The molecule has 0 radical (unpaired) electrons. The monoisotopic (exact) mass is 259 g/mol. The lowest BCUT2D eigenvalue weighted by Crippen LogP contribution is -2.38. The van der Waals surface area contributed by atoms with Crippen LogP contribution < -0.4 is 5.32 Å². The van der Waals surface area contributed by atoms with Crippen molar-refractivity contribution in [3.8, 4) is 0 Å². The van der Waals surface area contributed by atoms with Crippen molar-refractivity contribution < 1.29 is 14.3 Å². The van der Waals surface area contributed by atoms with Gasteiger partial charge in [-0.2, -0.15) is 0 Å². The van der Waals surface area contributed by atoms with Crippen LogP contribution >= 0.6 is 11.6 Å². The summed E-state index contributed by atoms with van der Waals surface area (Å²) in [6.07, 6.45) is 0. The van der Waals surface area contributed by atoms with Gasteiger partial charge in [0.05, 0.1) is 10.6 Å². The van der Waals surface area contributed by atoms with Crippen LogP contribution in [0, 0.1) is 11.7 Å². The van der Waals surface area contributed by atoms with Gasteiger partial charge in [0, 0.05) is 12.6 Å². The molecule has 0 saturated carbocycles. The first-order valence-electron chi connectivity index (χ1n) is 5.33. The SMILES string of the molecule is CC(CO)C(C)NC(=O)c1c(F)cccc1Cl. The summed E-state index contributed by atoms with van der Waals surface area (Å²) in [5, 5.41) is 11.6. The van der Waals surface area contributed by atoms with E-state index in [1.807, 2.05) is 0 Å². The second kappa shape index (κ2) is 5.98. The molecular weight excluding hydrogens is 245 g/mol. The summed E-state index contributed by atoms with van der Waals surface area (Å²) in [6, 6.07) is 3.82. The Morgan fingerprint density at radius 3 is 2.71 bits per heavy atom. The number of amides is 1. The van der Waals surface area contributed by atoms with E-state index in [1.54, 1.807) is 13.8 Å². The Hall–Kier alpha value is -1.13. The highest BCUT2D eigenvalue weighted by Crippen LogP contribution is 2.19. The molecule has 0 fully saturated rings. The fourth-order valence-electron chi connectivity index (χ4n) is 1.29. The zero-order chi connectivity index (χ0) is 13.0. The van der Waals surface area contributed by atoms with Gasteiger partial charge in [-0.3, -0.25) is 4.79 Å². The van der Waals surface area contributed by atoms with Crippen molar-refractivity contribution in [3.05, 3.63) is 34.6 Å². The molecule has 17 heavy (non-hydrogen) atoms. The number of benzene rings is 1. The normalized spacial score (nSPS) is 14.2. The van der Waals surface area contributed by atoms with E-state index >= 15 is 0 Å². The van der Waals surface area contributed by atoms with Crippen molar-refractivity contribution in [2.75, 3.05) is 6.61 Å². The lowest BCUT2D eigenvalue weighted by molar-refractivity contribution is 0.0912. The molecule has 3 nitrogen and oxygen atoms in total. The summed E-state index contributed by atoms with van der Waals surface area (Å²) < 4.78 is 13.4. The number of carbonyl (C=O) groups is 1. The minimum absolute atomic E-state index is 0.0492. The van der Waals surface area contributed by atoms with Crippen LogP contribution in [0.15, 0.2) is 18.2 Å². The van der Waals surface area contributed by atoms with E-state index in [0.29, 0.717) is 0 Å². The maximum absolute atomic E-state index is 13.4. The topological polar surface area (TPSA) is 49.3 Å². The Morgan fingerprint density at radius 1 is 1.53 bits per heavy atom. The fourth-order valence-corrected chi connectivity index (χ4v) is 1.54. The van der Waals surface area contributed by atoms with E-state index in [9.17, 15) is 9.18 Å². The van der Waals surface area contributed by atoms with E-state index in [2.05, 4.69) is 5.32 Å². The van der Waals surface area contributed by atoms with Crippen molar-refractivity contribution in [3.63, 3.8) is 0 Å². The Morgan fingerprint density at radius 2 is 2.18 bits per heavy atom. The molecule has 0 aliphatic carbocycles. The van der Waals surface area contributed by atoms with Gasteiger partial charge in [-0.25, -0.2) is 4.39 Å². The molecule has 2 unspecified atom stereocenters. The Balaban J connectivity index is 2.84. The van der Waals surface area contributed by atoms with Crippen molar-refractivity contribution in [2.24, 2.45) is 5.92 Å². The smallest absolute Gasteiger partial charge is 0.255 e. The quantitative estimate of drug-likeness (QED) is 0.871. The number of aliphatic hydroxyl groups excluding tert-OH is 1. The van der Waals surface area contributed by atoms with E-state index in [0.717, 1.165) is 0 Å². The minimum Gasteiger partial charge on any atom is -0.396 e. The fraction of sp³-hybridized carbons (Fsp3) is 0.417. The predicted octanol–water partition coefficient (Wildman–Crippen LogP) is 2.23. The third kappa shape index (κ3) is 3.41. The summed E-state index contributed by atoms with van der Waals surface area (Å²) in [5.74, 6) is -1.33. The average Bonchev–Trinajstić information content (AvgIpc) is 2.27. The van der Waals surface area contributed by atoms with Crippen molar-refractivity contribution in [1.82, 2.24) is 5.32 Å². The molecule has 2 N–H and O–H groups in total. The van der Waals surface area contributed by atoms with Crippen molar-refractivity contribution >= 4 is 17.5 Å². The number of nitrogens with one attached hydrogen (secondary N) is 1. The van der Waals surface area contributed by atoms with E-state index in [1.165, 1.54) is 18.2 Å². The van der Waals surface area contributed by atoms with Crippen LogP contribution in [0.3, 0.4) is 0 Å². The molecule has 5 heteroatoms. The summed E-state index contributed by atoms with van der Waals surface area (Å²) in [7, 11) is 0. The molecule has 0 bridgehead atoms. The first-order chi connectivity index (χ1) is 7.97. The highest BCUT2D eigenvalue weighted by Gasteiger charge is 2.19. The van der Waals surface area contributed by atoms with Gasteiger partial charge in [0.25, 0.3) is 5.91 Å². The molecule has 1 amide bonds. The Bertz CT molecular complexity index is 391. The lowest BCUT2D eigenvalue weighted by atomic mass is 10.0. The van der Waals surface area contributed by atoms with Gasteiger partial charge in [0.15, 0.2) is 0 Å². The van der Waals surface area contributed by atoms with Crippen molar-refractivity contribution in [1.29, 1.82) is 0 Å². The van der Waals surface area contributed by atoms with Gasteiger partial charge in [0.1, 0.15) is 5.82 Å². The highest BCUT2D eigenvalue weighted by molar-refractivity contribution is 6.33. The molecule has 0 aliphatic heterocycles. The van der Waals surface area contributed by atoms with E-state index in [4.69, 9.17) is 16.7 Å². The van der Waals surface area contributed by atoms with Crippen LogP contribution in [0.2, 0.25) is 5.02 Å². The first-order valence-corrected chi connectivity index (χ1v) is 5.71. The highest BCUT2D eigenvalue weighted by atomic mass is 35.5. The van der Waals surface area contributed by atoms with Gasteiger partial charge < -0.3 is 10.4 Å². The molecule has 0 aromatic heterocycles. The standard InChI is InChI=1S/C12H15ClFNO2/c1-7(6-16)8(2)15-12(17)11-9(13)4-3-5-10(11)14/h3-5,7-8,16H,6H2,1-2H3,(H,15,17).